The second-order valence-corrected chi connectivity index (χ2v) is 8.16. The number of benzene rings is 1. The van der Waals surface area contributed by atoms with E-state index in [2.05, 4.69) is 4.98 Å². The lowest BCUT2D eigenvalue weighted by Crippen LogP contribution is -2.42. The minimum absolute atomic E-state index is 0.0464. The summed E-state index contributed by atoms with van der Waals surface area (Å²) < 4.78 is 5.61. The van der Waals surface area contributed by atoms with Gasteiger partial charge < -0.3 is 15.3 Å². The van der Waals surface area contributed by atoms with Gasteiger partial charge in [-0.2, -0.15) is 4.98 Å². The molecule has 1 atom stereocenters. The number of anilines is 1. The van der Waals surface area contributed by atoms with Crippen LogP contribution < -0.4 is 5.73 Å². The molecule has 2 aliphatic carbocycles. The molecule has 1 aromatic carbocycles. The van der Waals surface area contributed by atoms with Crippen LogP contribution in [-0.4, -0.2) is 33.4 Å². The molecule has 7 nitrogen and oxygen atoms in total. The summed E-state index contributed by atoms with van der Waals surface area (Å²) in [7, 11) is 0. The molecule has 3 aliphatic rings. The standard InChI is InChI=1S/C20H19N3O4/c1-19(2)7-12-14(13(25)8-19)20(17(26)23(12)9-24)11-6-4-3-5-10(11)15-16(20)22-18(21)27-15/h3-6,24H,7-9H2,1-2H3,(H2,21,22). The Hall–Kier alpha value is -2.93. The molecule has 138 valence electrons. The second-order valence-electron chi connectivity index (χ2n) is 8.16. The first-order valence-corrected chi connectivity index (χ1v) is 8.87. The summed E-state index contributed by atoms with van der Waals surface area (Å²) in [5.74, 6) is -0.0592. The van der Waals surface area contributed by atoms with Gasteiger partial charge in [-0.15, -0.1) is 0 Å². The molecule has 1 unspecified atom stereocenters. The van der Waals surface area contributed by atoms with E-state index in [1.54, 1.807) is 0 Å². The van der Waals surface area contributed by atoms with Crippen molar-refractivity contribution in [2.45, 2.75) is 32.1 Å². The van der Waals surface area contributed by atoms with Crippen LogP contribution in [0.4, 0.5) is 6.01 Å². The lowest BCUT2D eigenvalue weighted by molar-refractivity contribution is -0.134. The topological polar surface area (TPSA) is 110 Å². The van der Waals surface area contributed by atoms with Crippen LogP contribution in [0.2, 0.25) is 0 Å². The van der Waals surface area contributed by atoms with Crippen molar-refractivity contribution in [3.05, 3.63) is 46.8 Å². The van der Waals surface area contributed by atoms with Gasteiger partial charge in [0.05, 0.1) is 0 Å². The predicted octanol–water partition coefficient (Wildman–Crippen LogP) is 1.96. The normalized spacial score (nSPS) is 25.2. The first-order chi connectivity index (χ1) is 12.8. The maximum atomic E-state index is 13.7. The van der Waals surface area contributed by atoms with Gasteiger partial charge in [0.1, 0.15) is 12.4 Å². The minimum Gasteiger partial charge on any atom is -0.423 e. The van der Waals surface area contributed by atoms with Crippen LogP contribution in [0.15, 0.2) is 40.0 Å². The molecule has 27 heavy (non-hydrogen) atoms. The highest BCUT2D eigenvalue weighted by Crippen LogP contribution is 2.60. The van der Waals surface area contributed by atoms with E-state index in [1.165, 1.54) is 4.90 Å². The molecule has 7 heteroatoms. The van der Waals surface area contributed by atoms with Crippen molar-refractivity contribution in [1.82, 2.24) is 9.88 Å². The number of aliphatic hydroxyl groups is 1. The smallest absolute Gasteiger partial charge is 0.292 e. The lowest BCUT2D eigenvalue weighted by atomic mass is 9.67. The third kappa shape index (κ3) is 1.77. The molecule has 1 amide bonds. The van der Waals surface area contributed by atoms with Gasteiger partial charge in [-0.1, -0.05) is 38.1 Å². The van der Waals surface area contributed by atoms with Crippen LogP contribution in [0.25, 0.3) is 11.3 Å². The number of nitrogens with zero attached hydrogens (tertiary/aromatic N) is 2. The summed E-state index contributed by atoms with van der Waals surface area (Å²) in [6, 6.07) is 7.26. The van der Waals surface area contributed by atoms with Crippen molar-refractivity contribution < 1.29 is 19.1 Å². The minimum atomic E-state index is -1.39. The molecule has 3 N–H and O–H groups in total. The Labute approximate surface area is 155 Å². The van der Waals surface area contributed by atoms with Gasteiger partial charge in [-0.3, -0.25) is 14.5 Å². The third-order valence-corrected chi connectivity index (χ3v) is 5.84. The molecule has 0 radical (unpaired) electrons. The Balaban J connectivity index is 1.90. The van der Waals surface area contributed by atoms with Crippen LogP contribution in [-0.2, 0) is 15.0 Å². The molecule has 0 saturated heterocycles. The monoisotopic (exact) mass is 365 g/mol. The third-order valence-electron chi connectivity index (χ3n) is 5.84. The largest absolute Gasteiger partial charge is 0.423 e. The van der Waals surface area contributed by atoms with Crippen molar-refractivity contribution in [3.63, 3.8) is 0 Å². The van der Waals surface area contributed by atoms with Crippen LogP contribution >= 0.6 is 0 Å². The number of nitrogens with two attached hydrogens (primary N) is 1. The number of allylic oxidation sites excluding steroid dienone is 1. The fraction of sp³-hybridized carbons (Fsp3) is 0.350. The van der Waals surface area contributed by atoms with Gasteiger partial charge in [0.2, 0.25) is 5.91 Å². The van der Waals surface area contributed by atoms with E-state index >= 15 is 0 Å². The first-order valence-electron chi connectivity index (χ1n) is 8.87. The number of aliphatic hydroxyl groups excluding tert-OH is 1. The molecule has 0 bridgehead atoms. The summed E-state index contributed by atoms with van der Waals surface area (Å²) in [6.45, 7) is 3.48. The van der Waals surface area contributed by atoms with Gasteiger partial charge >= 0.3 is 0 Å². The van der Waals surface area contributed by atoms with Gasteiger partial charge in [-0.05, 0) is 17.4 Å². The number of ketones is 1. The zero-order valence-corrected chi connectivity index (χ0v) is 15.1. The number of carbonyl (C=O) groups is 2. The predicted molar refractivity (Wildman–Crippen MR) is 96.1 cm³/mol. The average molecular weight is 365 g/mol. The van der Waals surface area contributed by atoms with E-state index < -0.39 is 12.1 Å². The Kier molecular flexibility index (Phi) is 2.93. The van der Waals surface area contributed by atoms with Crippen molar-refractivity contribution in [2.24, 2.45) is 5.41 Å². The fourth-order valence-corrected chi connectivity index (χ4v) is 4.90. The van der Waals surface area contributed by atoms with Crippen molar-refractivity contribution in [1.29, 1.82) is 0 Å². The van der Waals surface area contributed by atoms with E-state index in [1.807, 2.05) is 38.1 Å². The van der Waals surface area contributed by atoms with Crippen LogP contribution in [0.1, 0.15) is 37.9 Å². The summed E-state index contributed by atoms with van der Waals surface area (Å²) >= 11 is 0. The molecule has 2 aromatic rings. The van der Waals surface area contributed by atoms with Gasteiger partial charge in [-0.25, -0.2) is 0 Å². The van der Waals surface area contributed by atoms with Crippen molar-refractivity contribution >= 4 is 17.7 Å². The maximum absolute atomic E-state index is 13.7. The molecule has 0 fully saturated rings. The molecule has 1 aromatic heterocycles. The Morgan fingerprint density at radius 3 is 2.74 bits per heavy atom. The van der Waals surface area contributed by atoms with E-state index in [9.17, 15) is 14.7 Å². The van der Waals surface area contributed by atoms with Gasteiger partial charge in [0.15, 0.2) is 17.0 Å². The zero-order valence-electron chi connectivity index (χ0n) is 15.1. The molecule has 1 aliphatic heterocycles. The molecule has 0 saturated carbocycles. The second kappa shape index (κ2) is 4.86. The number of Topliss-reactive ketones (excluding diaryl/α,β-unsaturated/α-hetero) is 1. The molecule has 5 rings (SSSR count). The summed E-state index contributed by atoms with van der Waals surface area (Å²) in [6.07, 6.45) is 0.845. The quantitative estimate of drug-likeness (QED) is 0.799. The number of hydrogen-bond donors (Lipinski definition) is 2. The molecular formula is C20H19N3O4. The maximum Gasteiger partial charge on any atom is 0.292 e. The number of fused-ring (bicyclic) bond motifs is 6. The van der Waals surface area contributed by atoms with Crippen molar-refractivity contribution in [3.8, 4) is 11.3 Å². The summed E-state index contributed by atoms with van der Waals surface area (Å²) in [4.78, 5) is 32.6. The number of nitrogen functional groups attached to an aromatic ring is 1. The van der Waals surface area contributed by atoms with Gasteiger partial charge in [0, 0.05) is 23.3 Å². The fourth-order valence-electron chi connectivity index (χ4n) is 4.90. The molecule has 1 spiro atoms. The Bertz CT molecular complexity index is 1060. The molecular weight excluding hydrogens is 346 g/mol. The molecule has 2 heterocycles. The van der Waals surface area contributed by atoms with E-state index in [0.29, 0.717) is 46.7 Å². The van der Waals surface area contributed by atoms with E-state index in [-0.39, 0.29) is 23.1 Å². The number of rotatable bonds is 1. The van der Waals surface area contributed by atoms with E-state index in [0.717, 1.165) is 0 Å². The van der Waals surface area contributed by atoms with Crippen molar-refractivity contribution in [2.75, 3.05) is 12.5 Å². The van der Waals surface area contributed by atoms with E-state index in [4.69, 9.17) is 10.2 Å². The zero-order chi connectivity index (χ0) is 19.1. The number of amides is 1. The number of hydrogen-bond acceptors (Lipinski definition) is 6. The Morgan fingerprint density at radius 1 is 1.26 bits per heavy atom. The van der Waals surface area contributed by atoms with Gasteiger partial charge in [0.25, 0.3) is 6.01 Å². The SMILES string of the molecule is CC1(C)CC(=O)C2=C(C1)N(CO)C(=O)C21c2ccccc2-c2oc(N)nc21. The Morgan fingerprint density at radius 2 is 2.00 bits per heavy atom. The highest BCUT2D eigenvalue weighted by Gasteiger charge is 2.64. The lowest BCUT2D eigenvalue weighted by Gasteiger charge is -2.33. The first kappa shape index (κ1) is 16.3. The highest BCUT2D eigenvalue weighted by molar-refractivity contribution is 6.16. The summed E-state index contributed by atoms with van der Waals surface area (Å²) in [5.41, 5.74) is 6.81. The number of oxazole rings is 1. The number of aromatic nitrogens is 1. The highest BCUT2D eigenvalue weighted by atomic mass is 16.4. The average Bonchev–Trinajstić information content (AvgIpc) is 3.17. The van der Waals surface area contributed by atoms with Crippen LogP contribution in [0.5, 0.6) is 0 Å². The summed E-state index contributed by atoms with van der Waals surface area (Å²) in [5, 5.41) is 9.97. The number of carbonyl (C=O) groups excluding carboxylic acids is 2. The van der Waals surface area contributed by atoms with Crippen LogP contribution in [0.3, 0.4) is 0 Å². The van der Waals surface area contributed by atoms with Crippen LogP contribution in [0, 0.1) is 5.41 Å².